The van der Waals surface area contributed by atoms with Crippen molar-refractivity contribution in [1.29, 1.82) is 0 Å². The maximum atomic E-state index is 12.4. The van der Waals surface area contributed by atoms with Crippen molar-refractivity contribution in [3.63, 3.8) is 0 Å². The van der Waals surface area contributed by atoms with Crippen LogP contribution in [-0.4, -0.2) is 64.7 Å². The molecule has 0 saturated carbocycles. The zero-order valence-electron chi connectivity index (χ0n) is 18.4. The summed E-state index contributed by atoms with van der Waals surface area (Å²) < 4.78 is 19.9. The number of carbonyl (C=O) groups is 4. The SMILES string of the molecule is C=C(C)C(=O)OC(O)C(CO)(CO)C(OC(=O)C(=C)C)(OC(=O)C(=C)C)OC(=O)C(=C)C. The van der Waals surface area contributed by atoms with Gasteiger partial charge in [0.1, 0.15) is 0 Å². The summed E-state index contributed by atoms with van der Waals surface area (Å²) >= 11 is 0. The van der Waals surface area contributed by atoms with Gasteiger partial charge in [0.25, 0.3) is 0 Å². The van der Waals surface area contributed by atoms with E-state index in [1.807, 2.05) is 0 Å². The molecule has 11 nitrogen and oxygen atoms in total. The van der Waals surface area contributed by atoms with Crippen molar-refractivity contribution in [2.45, 2.75) is 40.0 Å². The summed E-state index contributed by atoms with van der Waals surface area (Å²) in [5.74, 6) is -8.52. The van der Waals surface area contributed by atoms with Gasteiger partial charge in [-0.2, -0.15) is 0 Å². The summed E-state index contributed by atoms with van der Waals surface area (Å²) in [7, 11) is 0. The monoisotopic (exact) mass is 456 g/mol. The molecule has 0 aromatic rings. The third-order valence-corrected chi connectivity index (χ3v) is 3.94. The van der Waals surface area contributed by atoms with Crippen LogP contribution in [0, 0.1) is 5.41 Å². The van der Waals surface area contributed by atoms with Gasteiger partial charge in [0.15, 0.2) is 5.41 Å². The molecule has 1 atom stereocenters. The third-order valence-electron chi connectivity index (χ3n) is 3.94. The Hall–Kier alpha value is -3.28. The predicted octanol–water partition coefficient (Wildman–Crippen LogP) is 0.407. The molecular formula is C21H28O11. The van der Waals surface area contributed by atoms with Crippen LogP contribution < -0.4 is 0 Å². The lowest BCUT2D eigenvalue weighted by atomic mass is 9.85. The van der Waals surface area contributed by atoms with Gasteiger partial charge in [-0.05, 0) is 27.7 Å². The Bertz CT molecular complexity index is 763. The summed E-state index contributed by atoms with van der Waals surface area (Å²) in [5, 5.41) is 30.9. The third kappa shape index (κ3) is 6.36. The number of aliphatic hydroxyl groups excluding tert-OH is 3. The molecule has 178 valence electrons. The largest absolute Gasteiger partial charge is 0.441 e. The molecule has 0 rings (SSSR count). The molecule has 0 aromatic carbocycles. The Balaban J connectivity index is 7.08. The van der Waals surface area contributed by atoms with E-state index in [2.05, 4.69) is 26.3 Å². The van der Waals surface area contributed by atoms with Gasteiger partial charge in [-0.15, -0.1) is 0 Å². The van der Waals surface area contributed by atoms with Crippen LogP contribution in [0.2, 0.25) is 0 Å². The Morgan fingerprint density at radius 1 is 0.688 bits per heavy atom. The Kier molecular flexibility index (Phi) is 10.2. The molecule has 11 heteroatoms. The summed E-state index contributed by atoms with van der Waals surface area (Å²) in [6.45, 7) is 15.3. The van der Waals surface area contributed by atoms with Crippen LogP contribution in [0.25, 0.3) is 0 Å². The molecule has 0 aliphatic carbocycles. The van der Waals surface area contributed by atoms with Crippen LogP contribution in [0.4, 0.5) is 0 Å². The molecule has 0 heterocycles. The molecule has 3 N–H and O–H groups in total. The fourth-order valence-corrected chi connectivity index (χ4v) is 1.86. The van der Waals surface area contributed by atoms with Gasteiger partial charge in [-0.3, -0.25) is 0 Å². The lowest BCUT2D eigenvalue weighted by Gasteiger charge is -2.45. The lowest BCUT2D eigenvalue weighted by molar-refractivity contribution is -0.413. The summed E-state index contributed by atoms with van der Waals surface area (Å²) in [5.41, 5.74) is -3.91. The number of ether oxygens (including phenoxy) is 4. The van der Waals surface area contributed by atoms with E-state index >= 15 is 0 Å². The summed E-state index contributed by atoms with van der Waals surface area (Å²) in [4.78, 5) is 49.1. The molecular weight excluding hydrogens is 428 g/mol. The molecule has 32 heavy (non-hydrogen) atoms. The van der Waals surface area contributed by atoms with Crippen molar-refractivity contribution in [3.8, 4) is 0 Å². The van der Waals surface area contributed by atoms with Crippen LogP contribution in [0.3, 0.4) is 0 Å². The van der Waals surface area contributed by atoms with E-state index in [0.29, 0.717) is 0 Å². The second-order valence-electron chi connectivity index (χ2n) is 7.08. The number of hydrogen-bond acceptors (Lipinski definition) is 11. The van der Waals surface area contributed by atoms with E-state index in [0.717, 1.165) is 0 Å². The fraction of sp³-hybridized carbons (Fsp3) is 0.429. The van der Waals surface area contributed by atoms with Crippen molar-refractivity contribution >= 4 is 23.9 Å². The van der Waals surface area contributed by atoms with E-state index in [-0.39, 0.29) is 22.3 Å². The highest BCUT2D eigenvalue weighted by atomic mass is 16.9. The molecule has 1 unspecified atom stereocenters. The lowest BCUT2D eigenvalue weighted by Crippen LogP contribution is -2.66. The topological polar surface area (TPSA) is 166 Å². The van der Waals surface area contributed by atoms with Crippen molar-refractivity contribution in [3.05, 3.63) is 48.6 Å². The van der Waals surface area contributed by atoms with Crippen molar-refractivity contribution in [2.75, 3.05) is 13.2 Å². The molecule has 0 aliphatic heterocycles. The molecule has 0 spiro atoms. The molecule has 0 amide bonds. The van der Waals surface area contributed by atoms with Gasteiger partial charge < -0.3 is 34.3 Å². The minimum Gasteiger partial charge on any atom is -0.431 e. The highest BCUT2D eigenvalue weighted by Crippen LogP contribution is 2.42. The van der Waals surface area contributed by atoms with E-state index < -0.39 is 54.8 Å². The summed E-state index contributed by atoms with van der Waals surface area (Å²) in [6.07, 6.45) is -2.56. The maximum absolute atomic E-state index is 12.4. The van der Waals surface area contributed by atoms with E-state index in [9.17, 15) is 34.5 Å². The Labute approximate surface area is 185 Å². The molecule has 0 saturated heterocycles. The average molecular weight is 456 g/mol. The predicted molar refractivity (Wildman–Crippen MR) is 109 cm³/mol. The minimum atomic E-state index is -3.37. The van der Waals surface area contributed by atoms with Gasteiger partial charge >= 0.3 is 29.9 Å². The van der Waals surface area contributed by atoms with Crippen LogP contribution in [0.5, 0.6) is 0 Å². The number of aliphatic hydroxyl groups is 3. The molecule has 0 radical (unpaired) electrons. The molecule has 0 bridgehead atoms. The van der Waals surface area contributed by atoms with Crippen molar-refractivity contribution in [1.82, 2.24) is 0 Å². The standard InChI is InChI=1S/C21H28O11/c1-11(2)15(24)29-19(28)20(9-22,10-23)21(30-16(25)12(3)4,31-17(26)13(5)6)32-18(27)14(7)8/h19,22-23,28H,1,3,5,7,9-10H2,2,4,6,8H3. The van der Waals surface area contributed by atoms with Crippen LogP contribution in [-0.2, 0) is 38.1 Å². The first-order chi connectivity index (χ1) is 14.6. The van der Waals surface area contributed by atoms with Gasteiger partial charge in [0, 0.05) is 22.3 Å². The maximum Gasteiger partial charge on any atom is 0.441 e. The quantitative estimate of drug-likeness (QED) is 0.211. The first-order valence-electron chi connectivity index (χ1n) is 9.03. The summed E-state index contributed by atoms with van der Waals surface area (Å²) in [6, 6.07) is 0. The number of rotatable bonds is 12. The highest BCUT2D eigenvalue weighted by Gasteiger charge is 2.68. The highest BCUT2D eigenvalue weighted by molar-refractivity contribution is 5.91. The van der Waals surface area contributed by atoms with E-state index in [1.54, 1.807) is 0 Å². The Morgan fingerprint density at radius 3 is 1.19 bits per heavy atom. The zero-order chi connectivity index (χ0) is 25.4. The first kappa shape index (κ1) is 28.7. The average Bonchev–Trinajstić information content (AvgIpc) is 2.68. The fourth-order valence-electron chi connectivity index (χ4n) is 1.86. The van der Waals surface area contributed by atoms with Crippen molar-refractivity contribution in [2.24, 2.45) is 5.41 Å². The number of carbonyl (C=O) groups excluding carboxylic acids is 4. The van der Waals surface area contributed by atoms with Crippen molar-refractivity contribution < 1.29 is 53.4 Å². The molecule has 0 aromatic heterocycles. The van der Waals surface area contributed by atoms with Gasteiger partial charge in [0.05, 0.1) is 13.2 Å². The molecule has 0 fully saturated rings. The van der Waals surface area contributed by atoms with Crippen LogP contribution in [0.1, 0.15) is 27.7 Å². The van der Waals surface area contributed by atoms with Gasteiger partial charge in [-0.25, -0.2) is 19.2 Å². The second kappa shape index (κ2) is 11.4. The van der Waals surface area contributed by atoms with Crippen LogP contribution >= 0.6 is 0 Å². The molecule has 0 aliphatic rings. The van der Waals surface area contributed by atoms with Gasteiger partial charge in [0.2, 0.25) is 6.29 Å². The Morgan fingerprint density at radius 2 is 0.969 bits per heavy atom. The van der Waals surface area contributed by atoms with Crippen LogP contribution in [0.15, 0.2) is 48.6 Å². The van der Waals surface area contributed by atoms with E-state index in [4.69, 9.17) is 18.9 Å². The normalized spacial score (nSPS) is 12.1. The minimum absolute atomic E-state index is 0.198. The number of esters is 4. The van der Waals surface area contributed by atoms with E-state index in [1.165, 1.54) is 27.7 Å². The first-order valence-corrected chi connectivity index (χ1v) is 9.03. The second-order valence-corrected chi connectivity index (χ2v) is 7.08. The smallest absolute Gasteiger partial charge is 0.431 e. The van der Waals surface area contributed by atoms with Gasteiger partial charge in [-0.1, -0.05) is 26.3 Å². The zero-order valence-corrected chi connectivity index (χ0v) is 18.4. The number of hydrogen-bond donors (Lipinski definition) is 3.